The zero-order chi connectivity index (χ0) is 21.8. The number of hydrogen-bond donors (Lipinski definition) is 1. The molecule has 7 nitrogen and oxygen atoms in total. The quantitative estimate of drug-likeness (QED) is 0.628. The monoisotopic (exact) mass is 439 g/mol. The molecular weight excluding hydrogens is 414 g/mol. The molecule has 0 atom stereocenters. The fourth-order valence-electron chi connectivity index (χ4n) is 3.59. The predicted octanol–water partition coefficient (Wildman–Crippen LogP) is 3.94. The summed E-state index contributed by atoms with van der Waals surface area (Å²) in [5, 5.41) is 6.78. The van der Waals surface area contributed by atoms with Crippen LogP contribution in [0.5, 0.6) is 0 Å². The highest BCUT2D eigenvalue weighted by Crippen LogP contribution is 2.24. The third-order valence-electron chi connectivity index (χ3n) is 5.48. The third kappa shape index (κ3) is 5.03. The van der Waals surface area contributed by atoms with E-state index >= 15 is 0 Å². The van der Waals surface area contributed by atoms with Crippen molar-refractivity contribution in [1.29, 1.82) is 0 Å². The number of nitrogens with one attached hydrogen (secondary N) is 1. The van der Waals surface area contributed by atoms with Crippen molar-refractivity contribution >= 4 is 21.6 Å². The van der Waals surface area contributed by atoms with Crippen LogP contribution in [0.4, 0.5) is 5.69 Å². The molecule has 1 aliphatic heterocycles. The first-order chi connectivity index (χ1) is 14.9. The number of sulfonamides is 1. The summed E-state index contributed by atoms with van der Waals surface area (Å²) in [5.74, 6) is 0.739. The Labute approximate surface area is 182 Å². The Morgan fingerprint density at radius 2 is 1.77 bits per heavy atom. The molecule has 1 saturated heterocycles. The molecule has 2 aromatic carbocycles. The number of amides is 1. The SMILES string of the molecule is CC1CCN(S(=O)(=O)c2ccc(NC(=O)Cc3cc(-c4ccccc4)no3)cc2)CC1. The van der Waals surface area contributed by atoms with Gasteiger partial charge in [0.2, 0.25) is 15.9 Å². The van der Waals surface area contributed by atoms with E-state index in [0.717, 1.165) is 18.4 Å². The van der Waals surface area contributed by atoms with E-state index in [0.29, 0.717) is 36.1 Å². The van der Waals surface area contributed by atoms with Crippen LogP contribution >= 0.6 is 0 Å². The summed E-state index contributed by atoms with van der Waals surface area (Å²) < 4.78 is 32.4. The molecule has 3 aromatic rings. The lowest BCUT2D eigenvalue weighted by Crippen LogP contribution is -2.37. The molecule has 0 aliphatic carbocycles. The van der Waals surface area contributed by atoms with Gasteiger partial charge in [-0.2, -0.15) is 4.31 Å². The van der Waals surface area contributed by atoms with Crippen LogP contribution in [-0.4, -0.2) is 36.9 Å². The Morgan fingerprint density at radius 3 is 2.45 bits per heavy atom. The Bertz CT molecular complexity index is 1130. The van der Waals surface area contributed by atoms with Gasteiger partial charge in [-0.3, -0.25) is 4.79 Å². The zero-order valence-electron chi connectivity index (χ0n) is 17.3. The van der Waals surface area contributed by atoms with Gasteiger partial charge in [0.25, 0.3) is 0 Å². The van der Waals surface area contributed by atoms with E-state index in [4.69, 9.17) is 4.52 Å². The van der Waals surface area contributed by atoms with E-state index in [-0.39, 0.29) is 17.2 Å². The highest BCUT2D eigenvalue weighted by atomic mass is 32.2. The normalized spacial score (nSPS) is 15.6. The van der Waals surface area contributed by atoms with Gasteiger partial charge in [0.05, 0.1) is 11.3 Å². The molecule has 0 spiro atoms. The summed E-state index contributed by atoms with van der Waals surface area (Å²) >= 11 is 0. The fourth-order valence-corrected chi connectivity index (χ4v) is 5.06. The maximum absolute atomic E-state index is 12.8. The minimum Gasteiger partial charge on any atom is -0.360 e. The van der Waals surface area contributed by atoms with Crippen molar-refractivity contribution in [2.75, 3.05) is 18.4 Å². The lowest BCUT2D eigenvalue weighted by molar-refractivity contribution is -0.115. The van der Waals surface area contributed by atoms with Gasteiger partial charge in [-0.05, 0) is 43.0 Å². The summed E-state index contributed by atoms with van der Waals surface area (Å²) in [6.45, 7) is 3.23. The van der Waals surface area contributed by atoms with E-state index in [1.807, 2.05) is 30.3 Å². The molecule has 8 heteroatoms. The van der Waals surface area contributed by atoms with Crippen molar-refractivity contribution in [2.45, 2.75) is 31.1 Å². The minimum absolute atomic E-state index is 0.0336. The van der Waals surface area contributed by atoms with E-state index in [9.17, 15) is 13.2 Å². The summed E-state index contributed by atoms with van der Waals surface area (Å²) in [4.78, 5) is 12.6. The van der Waals surface area contributed by atoms with Gasteiger partial charge in [-0.1, -0.05) is 42.4 Å². The molecular formula is C23H25N3O4S. The molecule has 4 rings (SSSR count). The lowest BCUT2D eigenvalue weighted by Gasteiger charge is -2.29. The second-order valence-corrected chi connectivity index (χ2v) is 9.82. The molecule has 162 valence electrons. The Morgan fingerprint density at radius 1 is 1.10 bits per heavy atom. The second-order valence-electron chi connectivity index (χ2n) is 7.88. The molecule has 31 heavy (non-hydrogen) atoms. The average molecular weight is 440 g/mol. The molecule has 0 radical (unpaired) electrons. The second kappa shape index (κ2) is 9.03. The molecule has 1 fully saturated rings. The van der Waals surface area contributed by atoms with Crippen LogP contribution in [0.1, 0.15) is 25.5 Å². The number of carbonyl (C=O) groups excluding carboxylic acids is 1. The van der Waals surface area contributed by atoms with Crippen LogP contribution in [0.25, 0.3) is 11.3 Å². The highest BCUT2D eigenvalue weighted by molar-refractivity contribution is 7.89. The van der Waals surface area contributed by atoms with Crippen molar-refractivity contribution in [3.8, 4) is 11.3 Å². The summed E-state index contributed by atoms with van der Waals surface area (Å²) in [5.41, 5.74) is 2.11. The smallest absolute Gasteiger partial charge is 0.243 e. The number of rotatable bonds is 6. The molecule has 1 aromatic heterocycles. The van der Waals surface area contributed by atoms with Crippen molar-refractivity contribution < 1.29 is 17.7 Å². The number of anilines is 1. The predicted molar refractivity (Wildman–Crippen MR) is 118 cm³/mol. The largest absolute Gasteiger partial charge is 0.360 e. The Balaban J connectivity index is 1.37. The Kier molecular flexibility index (Phi) is 6.20. The molecule has 2 heterocycles. The van der Waals surface area contributed by atoms with E-state index in [1.165, 1.54) is 16.4 Å². The van der Waals surface area contributed by atoms with Gasteiger partial charge in [-0.25, -0.2) is 8.42 Å². The molecule has 1 N–H and O–H groups in total. The average Bonchev–Trinajstić information content (AvgIpc) is 3.23. The van der Waals surface area contributed by atoms with Gasteiger partial charge in [0.1, 0.15) is 11.5 Å². The summed E-state index contributed by atoms with van der Waals surface area (Å²) in [6, 6.07) is 17.6. The van der Waals surface area contributed by atoms with E-state index in [1.54, 1.807) is 18.2 Å². The van der Waals surface area contributed by atoms with Crippen molar-refractivity contribution in [3.05, 3.63) is 66.4 Å². The first-order valence-electron chi connectivity index (χ1n) is 10.3. The van der Waals surface area contributed by atoms with E-state index < -0.39 is 10.0 Å². The van der Waals surface area contributed by atoms with Crippen molar-refractivity contribution in [2.24, 2.45) is 5.92 Å². The number of piperidine rings is 1. The van der Waals surface area contributed by atoms with Crippen molar-refractivity contribution in [1.82, 2.24) is 9.46 Å². The minimum atomic E-state index is -3.51. The van der Waals surface area contributed by atoms with Gasteiger partial charge < -0.3 is 9.84 Å². The lowest BCUT2D eigenvalue weighted by atomic mass is 10.0. The topological polar surface area (TPSA) is 92.5 Å². The zero-order valence-corrected chi connectivity index (χ0v) is 18.1. The number of nitrogens with zero attached hydrogens (tertiary/aromatic N) is 2. The van der Waals surface area contributed by atoms with Gasteiger partial charge in [-0.15, -0.1) is 0 Å². The number of aromatic nitrogens is 1. The highest BCUT2D eigenvalue weighted by Gasteiger charge is 2.27. The van der Waals surface area contributed by atoms with Gasteiger partial charge in [0.15, 0.2) is 0 Å². The van der Waals surface area contributed by atoms with Gasteiger partial charge in [0, 0.05) is 30.4 Å². The maximum Gasteiger partial charge on any atom is 0.243 e. The first kappa shape index (κ1) is 21.3. The van der Waals surface area contributed by atoms with Crippen LogP contribution in [0.3, 0.4) is 0 Å². The van der Waals surface area contributed by atoms with Crippen LogP contribution < -0.4 is 5.32 Å². The van der Waals surface area contributed by atoms with Gasteiger partial charge >= 0.3 is 0 Å². The third-order valence-corrected chi connectivity index (χ3v) is 7.39. The Hall–Kier alpha value is -2.97. The maximum atomic E-state index is 12.8. The molecule has 0 unspecified atom stereocenters. The van der Waals surface area contributed by atoms with Crippen molar-refractivity contribution in [3.63, 3.8) is 0 Å². The summed E-state index contributed by atoms with van der Waals surface area (Å²) in [6.07, 6.45) is 1.79. The fraction of sp³-hybridized carbons (Fsp3) is 0.304. The standard InChI is InChI=1S/C23H25N3O4S/c1-17-11-13-26(14-12-17)31(28,29)21-9-7-19(8-10-21)24-23(27)16-20-15-22(25-30-20)18-5-3-2-4-6-18/h2-10,15,17H,11-14,16H2,1H3,(H,24,27). The van der Waals surface area contributed by atoms with Crippen LogP contribution in [-0.2, 0) is 21.2 Å². The number of hydrogen-bond acceptors (Lipinski definition) is 5. The number of carbonyl (C=O) groups is 1. The molecule has 0 saturated carbocycles. The summed E-state index contributed by atoms with van der Waals surface area (Å²) in [7, 11) is -3.51. The number of benzene rings is 2. The van der Waals surface area contributed by atoms with Crippen LogP contribution in [0.15, 0.2) is 70.1 Å². The molecule has 1 amide bonds. The molecule has 1 aliphatic rings. The van der Waals surface area contributed by atoms with E-state index in [2.05, 4.69) is 17.4 Å². The van der Waals surface area contributed by atoms with Crippen LogP contribution in [0, 0.1) is 5.92 Å². The molecule has 0 bridgehead atoms. The first-order valence-corrected chi connectivity index (χ1v) is 11.8. The van der Waals surface area contributed by atoms with Crippen LogP contribution in [0.2, 0.25) is 0 Å².